The van der Waals surface area contributed by atoms with Crippen LogP contribution in [-0.2, 0) is 0 Å². The second-order valence-electron chi connectivity index (χ2n) is 4.63. The number of H-pyrrole nitrogens is 1. The molecule has 0 radical (unpaired) electrons. The summed E-state index contributed by atoms with van der Waals surface area (Å²) in [6.07, 6.45) is 2.88. The lowest BCUT2D eigenvalue weighted by atomic mass is 10.2. The molecule has 0 spiro atoms. The Kier molecular flexibility index (Phi) is 3.94. The Hall–Kier alpha value is -1.04. The fourth-order valence-corrected chi connectivity index (χ4v) is 3.16. The molecular weight excluding hydrogens is 270 g/mol. The minimum Gasteiger partial charge on any atom is -0.350 e. The molecule has 2 aromatic heterocycles. The SMILES string of the molecule is Cl.N[C@@H]1CC[C@@H](NC(=O)c2cc3sccc3[nH]2)C1. The van der Waals surface area contributed by atoms with Gasteiger partial charge in [0.2, 0.25) is 0 Å². The first-order valence-electron chi connectivity index (χ1n) is 5.85. The van der Waals surface area contributed by atoms with Crippen LogP contribution in [-0.4, -0.2) is 23.0 Å². The molecule has 2 atom stereocenters. The zero-order valence-electron chi connectivity index (χ0n) is 9.81. The van der Waals surface area contributed by atoms with Crippen molar-refractivity contribution in [2.75, 3.05) is 0 Å². The van der Waals surface area contributed by atoms with Gasteiger partial charge in [-0.15, -0.1) is 23.7 Å². The van der Waals surface area contributed by atoms with Crippen LogP contribution in [0.15, 0.2) is 17.5 Å². The van der Waals surface area contributed by atoms with E-state index >= 15 is 0 Å². The van der Waals surface area contributed by atoms with Crippen LogP contribution in [0, 0.1) is 0 Å². The second-order valence-corrected chi connectivity index (χ2v) is 5.57. The summed E-state index contributed by atoms with van der Waals surface area (Å²) in [7, 11) is 0. The van der Waals surface area contributed by atoms with E-state index in [0.717, 1.165) is 29.5 Å². The molecule has 2 aromatic rings. The summed E-state index contributed by atoms with van der Waals surface area (Å²) in [5, 5.41) is 5.04. The third-order valence-electron chi connectivity index (χ3n) is 3.29. The van der Waals surface area contributed by atoms with E-state index in [2.05, 4.69) is 10.3 Å². The van der Waals surface area contributed by atoms with E-state index in [1.54, 1.807) is 11.3 Å². The van der Waals surface area contributed by atoms with Gasteiger partial charge in [-0.2, -0.15) is 0 Å². The van der Waals surface area contributed by atoms with Crippen LogP contribution in [0.5, 0.6) is 0 Å². The summed E-state index contributed by atoms with van der Waals surface area (Å²) in [5.41, 5.74) is 7.50. The van der Waals surface area contributed by atoms with Gasteiger partial charge in [-0.3, -0.25) is 4.79 Å². The summed E-state index contributed by atoms with van der Waals surface area (Å²) >= 11 is 1.64. The number of thiophene rings is 1. The number of hydrogen-bond donors (Lipinski definition) is 3. The molecule has 3 rings (SSSR count). The Bertz CT molecular complexity index is 522. The van der Waals surface area contributed by atoms with Crippen LogP contribution in [0.3, 0.4) is 0 Å². The summed E-state index contributed by atoms with van der Waals surface area (Å²) in [6.45, 7) is 0. The Morgan fingerprint density at radius 3 is 3.00 bits per heavy atom. The van der Waals surface area contributed by atoms with Crippen molar-refractivity contribution in [2.24, 2.45) is 5.73 Å². The molecule has 98 valence electrons. The molecule has 0 bridgehead atoms. The number of rotatable bonds is 2. The number of fused-ring (bicyclic) bond motifs is 1. The van der Waals surface area contributed by atoms with Crippen molar-refractivity contribution in [3.05, 3.63) is 23.2 Å². The van der Waals surface area contributed by atoms with Crippen LogP contribution in [0.2, 0.25) is 0 Å². The predicted octanol–water partition coefficient (Wildman–Crippen LogP) is 2.26. The van der Waals surface area contributed by atoms with Gasteiger partial charge in [0.15, 0.2) is 0 Å². The number of hydrogen-bond acceptors (Lipinski definition) is 3. The van der Waals surface area contributed by atoms with Crippen molar-refractivity contribution in [1.82, 2.24) is 10.3 Å². The predicted molar refractivity (Wildman–Crippen MR) is 76.5 cm³/mol. The maximum Gasteiger partial charge on any atom is 0.267 e. The maximum atomic E-state index is 12.0. The normalized spacial score (nSPS) is 22.9. The third-order valence-corrected chi connectivity index (χ3v) is 4.16. The van der Waals surface area contributed by atoms with Crippen molar-refractivity contribution < 1.29 is 4.79 Å². The van der Waals surface area contributed by atoms with E-state index in [1.165, 1.54) is 0 Å². The Morgan fingerprint density at radius 2 is 2.33 bits per heavy atom. The van der Waals surface area contributed by atoms with Crippen LogP contribution in [0.4, 0.5) is 0 Å². The quantitative estimate of drug-likeness (QED) is 0.792. The van der Waals surface area contributed by atoms with Crippen molar-refractivity contribution in [2.45, 2.75) is 31.3 Å². The highest BCUT2D eigenvalue weighted by molar-refractivity contribution is 7.17. The Morgan fingerprint density at radius 1 is 1.50 bits per heavy atom. The lowest BCUT2D eigenvalue weighted by Crippen LogP contribution is -2.34. The summed E-state index contributed by atoms with van der Waals surface area (Å²) < 4.78 is 1.12. The number of nitrogens with one attached hydrogen (secondary N) is 2. The van der Waals surface area contributed by atoms with E-state index in [-0.39, 0.29) is 30.4 Å². The first-order chi connectivity index (χ1) is 8.22. The molecule has 0 unspecified atom stereocenters. The molecule has 6 heteroatoms. The standard InChI is InChI=1S/C12H15N3OS.ClH/c13-7-1-2-8(5-7)14-12(16)10-6-11-9(15-10)3-4-17-11;/h3-4,6-8,15H,1-2,5,13H2,(H,14,16);1H/t7-,8-;/m1./s1. The molecule has 1 aliphatic carbocycles. The average Bonchev–Trinajstić information content (AvgIpc) is 2.92. The maximum absolute atomic E-state index is 12.0. The van der Waals surface area contributed by atoms with E-state index in [9.17, 15) is 4.79 Å². The number of carbonyl (C=O) groups is 1. The van der Waals surface area contributed by atoms with E-state index in [1.807, 2.05) is 17.5 Å². The molecule has 4 N–H and O–H groups in total. The molecule has 4 nitrogen and oxygen atoms in total. The molecule has 18 heavy (non-hydrogen) atoms. The smallest absolute Gasteiger partial charge is 0.267 e. The molecule has 1 saturated carbocycles. The van der Waals surface area contributed by atoms with Crippen molar-refractivity contribution >= 4 is 39.9 Å². The first kappa shape index (κ1) is 13.4. The van der Waals surface area contributed by atoms with Gasteiger partial charge in [-0.05, 0) is 36.8 Å². The number of amides is 1. The molecule has 1 fully saturated rings. The van der Waals surface area contributed by atoms with Crippen LogP contribution in [0.1, 0.15) is 29.8 Å². The van der Waals surface area contributed by atoms with Crippen LogP contribution < -0.4 is 11.1 Å². The molecule has 0 saturated heterocycles. The zero-order valence-corrected chi connectivity index (χ0v) is 11.4. The minimum atomic E-state index is -0.0208. The van der Waals surface area contributed by atoms with Crippen LogP contribution >= 0.6 is 23.7 Å². The fourth-order valence-electron chi connectivity index (χ4n) is 2.38. The molecule has 0 aromatic carbocycles. The number of aromatic amines is 1. The highest BCUT2D eigenvalue weighted by Crippen LogP contribution is 2.22. The monoisotopic (exact) mass is 285 g/mol. The van der Waals surface area contributed by atoms with Crippen molar-refractivity contribution in [1.29, 1.82) is 0 Å². The van der Waals surface area contributed by atoms with Gasteiger partial charge in [0.25, 0.3) is 5.91 Å². The first-order valence-corrected chi connectivity index (χ1v) is 6.73. The summed E-state index contributed by atoms with van der Waals surface area (Å²) in [6, 6.07) is 4.37. The lowest BCUT2D eigenvalue weighted by molar-refractivity contribution is 0.0933. The number of carbonyl (C=O) groups excluding carboxylic acids is 1. The third kappa shape index (κ3) is 2.53. The highest BCUT2D eigenvalue weighted by Gasteiger charge is 2.24. The van der Waals surface area contributed by atoms with Gasteiger partial charge < -0.3 is 16.0 Å². The van der Waals surface area contributed by atoms with Gasteiger partial charge in [0.1, 0.15) is 5.69 Å². The summed E-state index contributed by atoms with van der Waals surface area (Å²) in [4.78, 5) is 15.1. The number of nitrogens with two attached hydrogens (primary N) is 1. The van der Waals surface area contributed by atoms with Crippen LogP contribution in [0.25, 0.3) is 10.2 Å². The fraction of sp³-hybridized carbons (Fsp3) is 0.417. The zero-order chi connectivity index (χ0) is 11.8. The number of halogens is 1. The van der Waals surface area contributed by atoms with Crippen molar-refractivity contribution in [3.63, 3.8) is 0 Å². The average molecular weight is 286 g/mol. The van der Waals surface area contributed by atoms with Gasteiger partial charge in [0, 0.05) is 12.1 Å². The largest absolute Gasteiger partial charge is 0.350 e. The molecular formula is C12H16ClN3OS. The van der Waals surface area contributed by atoms with Crippen molar-refractivity contribution in [3.8, 4) is 0 Å². The Balaban J connectivity index is 0.00000120. The molecule has 1 amide bonds. The highest BCUT2D eigenvalue weighted by atomic mass is 35.5. The topological polar surface area (TPSA) is 70.9 Å². The molecule has 0 aliphatic heterocycles. The van der Waals surface area contributed by atoms with Gasteiger partial charge in [0.05, 0.1) is 10.2 Å². The summed E-state index contributed by atoms with van der Waals surface area (Å²) in [5.74, 6) is -0.0208. The molecule has 1 aliphatic rings. The number of aromatic nitrogens is 1. The van der Waals surface area contributed by atoms with Gasteiger partial charge >= 0.3 is 0 Å². The minimum absolute atomic E-state index is 0. The van der Waals surface area contributed by atoms with E-state index < -0.39 is 0 Å². The van der Waals surface area contributed by atoms with Gasteiger partial charge in [-0.1, -0.05) is 0 Å². The second kappa shape index (κ2) is 5.30. The lowest BCUT2D eigenvalue weighted by Gasteiger charge is -2.11. The van der Waals surface area contributed by atoms with Gasteiger partial charge in [-0.25, -0.2) is 0 Å². The van der Waals surface area contributed by atoms with E-state index in [4.69, 9.17) is 5.73 Å². The molecule has 2 heterocycles. The Labute approximate surface area is 115 Å². The van der Waals surface area contributed by atoms with E-state index in [0.29, 0.717) is 5.69 Å².